The van der Waals surface area contributed by atoms with E-state index in [1.807, 2.05) is 13.8 Å². The van der Waals surface area contributed by atoms with Crippen molar-refractivity contribution in [2.75, 3.05) is 6.54 Å². The summed E-state index contributed by atoms with van der Waals surface area (Å²) in [4.78, 5) is 29.0. The molecule has 1 aromatic carbocycles. The van der Waals surface area contributed by atoms with Crippen LogP contribution in [0.5, 0.6) is 0 Å². The highest BCUT2D eigenvalue weighted by Crippen LogP contribution is 2.24. The molecule has 21 heavy (non-hydrogen) atoms. The molecular formula is C14H18N4O3. The zero-order valence-corrected chi connectivity index (χ0v) is 12.0. The number of nitro benzene ring substituents is 1. The number of nitro groups is 1. The molecule has 2 aromatic rings. The van der Waals surface area contributed by atoms with Crippen LogP contribution >= 0.6 is 0 Å². The van der Waals surface area contributed by atoms with Gasteiger partial charge in [-0.25, -0.2) is 4.98 Å². The van der Waals surface area contributed by atoms with Crippen LogP contribution in [0.4, 0.5) is 5.69 Å². The van der Waals surface area contributed by atoms with Crippen LogP contribution in [0.25, 0.3) is 10.9 Å². The van der Waals surface area contributed by atoms with Crippen LogP contribution < -0.4 is 10.9 Å². The third kappa shape index (κ3) is 3.25. The number of fused-ring (bicyclic) bond motifs is 1. The Morgan fingerprint density at radius 3 is 2.81 bits per heavy atom. The van der Waals surface area contributed by atoms with Gasteiger partial charge in [0.05, 0.1) is 22.2 Å². The highest BCUT2D eigenvalue weighted by molar-refractivity contribution is 5.81. The van der Waals surface area contributed by atoms with Gasteiger partial charge in [0.2, 0.25) is 0 Å². The summed E-state index contributed by atoms with van der Waals surface area (Å²) >= 11 is 0. The van der Waals surface area contributed by atoms with Gasteiger partial charge >= 0.3 is 0 Å². The largest absolute Gasteiger partial charge is 0.314 e. The van der Waals surface area contributed by atoms with E-state index in [0.717, 1.165) is 13.0 Å². The van der Waals surface area contributed by atoms with Gasteiger partial charge in [-0.2, -0.15) is 0 Å². The summed E-state index contributed by atoms with van der Waals surface area (Å²) in [7, 11) is 0. The smallest absolute Gasteiger partial charge is 0.273 e. The fourth-order valence-electron chi connectivity index (χ4n) is 2.40. The fraction of sp³-hybridized carbons (Fsp3) is 0.429. The fourth-order valence-corrected chi connectivity index (χ4v) is 2.40. The van der Waals surface area contributed by atoms with Crippen molar-refractivity contribution in [3.05, 3.63) is 44.5 Å². The van der Waals surface area contributed by atoms with E-state index >= 15 is 0 Å². The van der Waals surface area contributed by atoms with Crippen LogP contribution in [0.1, 0.15) is 25.8 Å². The highest BCUT2D eigenvalue weighted by Gasteiger charge is 2.19. The van der Waals surface area contributed by atoms with Crippen molar-refractivity contribution in [2.24, 2.45) is 0 Å². The number of nitrogens with zero attached hydrogens (tertiary/aromatic N) is 2. The van der Waals surface area contributed by atoms with Crippen molar-refractivity contribution in [3.8, 4) is 0 Å². The predicted octanol–water partition coefficient (Wildman–Crippen LogP) is 1.76. The molecule has 0 aliphatic carbocycles. The first-order valence-electron chi connectivity index (χ1n) is 6.94. The maximum absolute atomic E-state index is 11.7. The Labute approximate surface area is 121 Å². The van der Waals surface area contributed by atoms with Crippen molar-refractivity contribution in [3.63, 3.8) is 0 Å². The molecule has 0 bridgehead atoms. The number of likely N-dealkylation sites (N-methyl/N-ethyl adjacent to an activating group) is 1. The van der Waals surface area contributed by atoms with Crippen LogP contribution in [0.3, 0.4) is 0 Å². The summed E-state index contributed by atoms with van der Waals surface area (Å²) in [6.07, 6.45) is 2.71. The molecule has 0 fully saturated rings. The number of hydrogen-bond acceptors (Lipinski definition) is 5. The van der Waals surface area contributed by atoms with E-state index in [-0.39, 0.29) is 22.7 Å². The number of benzene rings is 1. The van der Waals surface area contributed by atoms with Gasteiger partial charge in [-0.3, -0.25) is 14.9 Å². The topological polar surface area (TPSA) is 101 Å². The van der Waals surface area contributed by atoms with Gasteiger partial charge in [-0.05, 0) is 25.5 Å². The lowest BCUT2D eigenvalue weighted by atomic mass is 10.0. The Bertz CT molecular complexity index is 711. The Balaban J connectivity index is 2.53. The number of nitrogens with one attached hydrogen (secondary N) is 2. The second-order valence-corrected chi connectivity index (χ2v) is 4.85. The van der Waals surface area contributed by atoms with E-state index in [4.69, 9.17) is 0 Å². The van der Waals surface area contributed by atoms with E-state index in [1.54, 1.807) is 6.07 Å². The second-order valence-electron chi connectivity index (χ2n) is 4.85. The Morgan fingerprint density at radius 1 is 1.43 bits per heavy atom. The van der Waals surface area contributed by atoms with Crippen LogP contribution in [0.2, 0.25) is 0 Å². The maximum atomic E-state index is 11.7. The third-order valence-electron chi connectivity index (χ3n) is 3.49. The number of aromatic amines is 1. The minimum absolute atomic E-state index is 0.0302. The summed E-state index contributed by atoms with van der Waals surface area (Å²) in [5.74, 6) is 0. The number of H-pyrrole nitrogens is 1. The van der Waals surface area contributed by atoms with Crippen LogP contribution in [0.15, 0.2) is 23.3 Å². The molecule has 0 radical (unpaired) electrons. The predicted molar refractivity (Wildman–Crippen MR) is 80.5 cm³/mol. The molecule has 1 heterocycles. The SMILES string of the molecule is CCNC(CC)Cc1cc2nc[nH]c(=O)c2cc1[N+](=O)[O-]. The number of aromatic nitrogens is 2. The van der Waals surface area contributed by atoms with E-state index in [1.165, 1.54) is 12.4 Å². The lowest BCUT2D eigenvalue weighted by Gasteiger charge is -2.16. The van der Waals surface area contributed by atoms with Gasteiger partial charge < -0.3 is 10.3 Å². The lowest BCUT2D eigenvalue weighted by molar-refractivity contribution is -0.385. The average Bonchev–Trinajstić information content (AvgIpc) is 2.46. The normalized spacial score (nSPS) is 12.5. The first-order chi connectivity index (χ1) is 10.1. The van der Waals surface area contributed by atoms with Gasteiger partial charge in [0, 0.05) is 17.7 Å². The molecule has 1 aromatic heterocycles. The van der Waals surface area contributed by atoms with Crippen LogP contribution in [-0.4, -0.2) is 27.5 Å². The molecule has 0 amide bonds. The molecule has 7 heteroatoms. The summed E-state index contributed by atoms with van der Waals surface area (Å²) in [6.45, 7) is 4.83. The molecule has 7 nitrogen and oxygen atoms in total. The van der Waals surface area contributed by atoms with E-state index in [9.17, 15) is 14.9 Å². The molecule has 2 rings (SSSR count). The molecule has 0 aliphatic rings. The molecule has 0 aliphatic heterocycles. The van der Waals surface area contributed by atoms with E-state index in [2.05, 4.69) is 15.3 Å². The van der Waals surface area contributed by atoms with Crippen LogP contribution in [-0.2, 0) is 6.42 Å². The van der Waals surface area contributed by atoms with Crippen molar-refractivity contribution >= 4 is 16.6 Å². The standard InChI is InChI=1S/C14H18N4O3/c1-3-10(15-4-2)5-9-6-12-11(7-13(9)18(20)21)14(19)17-8-16-12/h6-8,10,15H,3-5H2,1-2H3,(H,16,17,19). The molecule has 1 unspecified atom stereocenters. The zero-order chi connectivity index (χ0) is 15.4. The number of rotatable bonds is 6. The van der Waals surface area contributed by atoms with Crippen LogP contribution in [0, 0.1) is 10.1 Å². The van der Waals surface area contributed by atoms with Gasteiger partial charge in [-0.1, -0.05) is 13.8 Å². The Hall–Kier alpha value is -2.28. The first kappa shape index (κ1) is 15.1. The lowest BCUT2D eigenvalue weighted by Crippen LogP contribution is -2.30. The minimum atomic E-state index is -0.445. The van der Waals surface area contributed by atoms with Crippen molar-refractivity contribution in [1.29, 1.82) is 0 Å². The maximum Gasteiger partial charge on any atom is 0.273 e. The summed E-state index contributed by atoms with van der Waals surface area (Å²) < 4.78 is 0. The minimum Gasteiger partial charge on any atom is -0.314 e. The summed E-state index contributed by atoms with van der Waals surface area (Å²) in [5.41, 5.74) is 0.676. The monoisotopic (exact) mass is 290 g/mol. The van der Waals surface area contributed by atoms with Crippen molar-refractivity contribution < 1.29 is 4.92 Å². The molecule has 2 N–H and O–H groups in total. The van der Waals surface area contributed by atoms with Gasteiger partial charge in [-0.15, -0.1) is 0 Å². The second kappa shape index (κ2) is 6.45. The third-order valence-corrected chi connectivity index (χ3v) is 3.49. The van der Waals surface area contributed by atoms with Gasteiger partial charge in [0.25, 0.3) is 11.2 Å². The van der Waals surface area contributed by atoms with Gasteiger partial charge in [0.1, 0.15) is 0 Å². The van der Waals surface area contributed by atoms with E-state index < -0.39 is 4.92 Å². The first-order valence-corrected chi connectivity index (χ1v) is 6.94. The van der Waals surface area contributed by atoms with Gasteiger partial charge in [0.15, 0.2) is 0 Å². The molecule has 112 valence electrons. The van der Waals surface area contributed by atoms with Crippen molar-refractivity contribution in [1.82, 2.24) is 15.3 Å². The van der Waals surface area contributed by atoms with E-state index in [0.29, 0.717) is 17.5 Å². The summed E-state index contributed by atoms with van der Waals surface area (Å²) in [5, 5.41) is 14.8. The molecule has 1 atom stereocenters. The molecule has 0 saturated heterocycles. The quantitative estimate of drug-likeness (QED) is 0.623. The van der Waals surface area contributed by atoms with Crippen molar-refractivity contribution in [2.45, 2.75) is 32.7 Å². The average molecular weight is 290 g/mol. The highest BCUT2D eigenvalue weighted by atomic mass is 16.6. The number of hydrogen-bond donors (Lipinski definition) is 2. The Kier molecular flexibility index (Phi) is 4.64. The summed E-state index contributed by atoms with van der Waals surface area (Å²) in [6, 6.07) is 3.12. The molecule has 0 saturated carbocycles. The molecular weight excluding hydrogens is 272 g/mol. The zero-order valence-electron chi connectivity index (χ0n) is 12.0. The molecule has 0 spiro atoms. The Morgan fingerprint density at radius 2 is 2.19 bits per heavy atom.